The Kier molecular flexibility index (Phi) is 6.94. The second-order valence-corrected chi connectivity index (χ2v) is 7.22. The van der Waals surface area contributed by atoms with Gasteiger partial charge in [0.25, 0.3) is 5.69 Å². The number of nitro benzene ring substituents is 1. The number of hydrogen-bond donors (Lipinski definition) is 2. The molecule has 2 rings (SSSR count). The summed E-state index contributed by atoms with van der Waals surface area (Å²) in [7, 11) is 0. The van der Waals surface area contributed by atoms with E-state index in [0.29, 0.717) is 11.5 Å². The van der Waals surface area contributed by atoms with Gasteiger partial charge >= 0.3 is 0 Å². The molecule has 0 bridgehead atoms. The van der Waals surface area contributed by atoms with Crippen LogP contribution in [0.2, 0.25) is 0 Å². The molecule has 0 saturated carbocycles. The molecule has 2 aromatic rings. The standard InChI is InChI=1S/C18H24N4O2S/c1-4-19-18(21-13(2)11-16-10-9-14(3)25-16)20-12-15-7-5-6-8-17(15)22(23)24/h5-10,13H,4,11-12H2,1-3H3,(H2,19,20,21). The molecule has 1 unspecified atom stereocenters. The molecule has 7 heteroatoms. The van der Waals surface area contributed by atoms with Crippen LogP contribution in [0.25, 0.3) is 0 Å². The molecule has 25 heavy (non-hydrogen) atoms. The lowest BCUT2D eigenvalue weighted by Crippen LogP contribution is -2.43. The topological polar surface area (TPSA) is 79.6 Å². The molecular formula is C18H24N4O2S. The molecule has 0 spiro atoms. The lowest BCUT2D eigenvalue weighted by atomic mass is 10.2. The van der Waals surface area contributed by atoms with Crippen LogP contribution in [0.3, 0.4) is 0 Å². The Bertz CT molecular complexity index is 742. The van der Waals surface area contributed by atoms with Crippen molar-refractivity contribution in [3.63, 3.8) is 0 Å². The first-order valence-electron chi connectivity index (χ1n) is 8.32. The number of para-hydroxylation sites is 1. The van der Waals surface area contributed by atoms with Gasteiger partial charge in [-0.3, -0.25) is 10.1 Å². The molecule has 6 nitrogen and oxygen atoms in total. The predicted molar refractivity (Wildman–Crippen MR) is 103 cm³/mol. The molecule has 0 aliphatic rings. The molecule has 0 radical (unpaired) electrons. The summed E-state index contributed by atoms with van der Waals surface area (Å²) in [5.74, 6) is 0.668. The van der Waals surface area contributed by atoms with Crippen LogP contribution in [0.5, 0.6) is 0 Å². The number of nitrogens with one attached hydrogen (secondary N) is 2. The Balaban J connectivity index is 2.04. The van der Waals surface area contributed by atoms with E-state index >= 15 is 0 Å². The lowest BCUT2D eigenvalue weighted by molar-refractivity contribution is -0.385. The van der Waals surface area contributed by atoms with Gasteiger partial charge in [0.2, 0.25) is 0 Å². The number of hydrogen-bond acceptors (Lipinski definition) is 4. The second-order valence-electron chi connectivity index (χ2n) is 5.84. The third kappa shape index (κ3) is 5.86. The summed E-state index contributed by atoms with van der Waals surface area (Å²) in [5.41, 5.74) is 0.704. The number of nitrogens with zero attached hydrogens (tertiary/aromatic N) is 2. The van der Waals surface area contributed by atoms with Crippen molar-refractivity contribution in [2.24, 2.45) is 4.99 Å². The Morgan fingerprint density at radius 3 is 2.72 bits per heavy atom. The molecule has 0 aliphatic heterocycles. The van der Waals surface area contributed by atoms with E-state index in [9.17, 15) is 10.1 Å². The van der Waals surface area contributed by atoms with Crippen molar-refractivity contribution in [2.75, 3.05) is 6.54 Å². The molecule has 0 amide bonds. The van der Waals surface area contributed by atoms with Gasteiger partial charge in [0.05, 0.1) is 17.0 Å². The molecule has 0 saturated heterocycles. The lowest BCUT2D eigenvalue weighted by Gasteiger charge is -2.17. The van der Waals surface area contributed by atoms with Crippen LogP contribution in [0.4, 0.5) is 5.69 Å². The zero-order chi connectivity index (χ0) is 18.2. The third-order valence-corrected chi connectivity index (χ3v) is 4.65. The molecule has 1 aromatic heterocycles. The molecule has 1 heterocycles. The van der Waals surface area contributed by atoms with Crippen molar-refractivity contribution in [1.29, 1.82) is 0 Å². The van der Waals surface area contributed by atoms with Crippen molar-refractivity contribution < 1.29 is 4.92 Å². The highest BCUT2D eigenvalue weighted by Crippen LogP contribution is 2.18. The van der Waals surface area contributed by atoms with Crippen LogP contribution >= 0.6 is 11.3 Å². The maximum atomic E-state index is 11.1. The quantitative estimate of drug-likeness (QED) is 0.342. The zero-order valence-corrected chi connectivity index (χ0v) is 15.6. The monoisotopic (exact) mass is 360 g/mol. The van der Waals surface area contributed by atoms with Gasteiger partial charge in [0.1, 0.15) is 0 Å². The average molecular weight is 360 g/mol. The van der Waals surface area contributed by atoms with Gasteiger partial charge in [-0.1, -0.05) is 18.2 Å². The Labute approximate surface area is 152 Å². The average Bonchev–Trinajstić information content (AvgIpc) is 2.97. The van der Waals surface area contributed by atoms with Crippen LogP contribution in [-0.4, -0.2) is 23.5 Å². The number of aryl methyl sites for hydroxylation is 1. The zero-order valence-electron chi connectivity index (χ0n) is 14.8. The first kappa shape index (κ1) is 18.9. The highest BCUT2D eigenvalue weighted by atomic mass is 32.1. The maximum absolute atomic E-state index is 11.1. The molecule has 0 aliphatic carbocycles. The van der Waals surface area contributed by atoms with Gasteiger partial charge in [-0.2, -0.15) is 0 Å². The van der Waals surface area contributed by atoms with Crippen molar-refractivity contribution in [3.05, 3.63) is 61.8 Å². The van der Waals surface area contributed by atoms with Crippen molar-refractivity contribution >= 4 is 23.0 Å². The van der Waals surface area contributed by atoms with E-state index < -0.39 is 0 Å². The van der Waals surface area contributed by atoms with Crippen LogP contribution in [0, 0.1) is 17.0 Å². The minimum atomic E-state index is -0.368. The van der Waals surface area contributed by atoms with Gasteiger partial charge in [-0.25, -0.2) is 4.99 Å². The fourth-order valence-corrected chi connectivity index (χ4v) is 3.51. The number of guanidine groups is 1. The minimum Gasteiger partial charge on any atom is -0.357 e. The van der Waals surface area contributed by atoms with Gasteiger partial charge in [-0.15, -0.1) is 11.3 Å². The predicted octanol–water partition coefficient (Wildman–Crippen LogP) is 3.65. The Morgan fingerprint density at radius 2 is 2.08 bits per heavy atom. The fourth-order valence-electron chi connectivity index (χ4n) is 2.49. The summed E-state index contributed by atoms with van der Waals surface area (Å²) in [6.45, 7) is 7.19. The van der Waals surface area contributed by atoms with Crippen molar-refractivity contribution in [2.45, 2.75) is 39.8 Å². The van der Waals surface area contributed by atoms with E-state index in [1.165, 1.54) is 15.8 Å². The molecule has 134 valence electrons. The smallest absolute Gasteiger partial charge is 0.274 e. The van der Waals surface area contributed by atoms with E-state index in [0.717, 1.165) is 13.0 Å². The summed E-state index contributed by atoms with van der Waals surface area (Å²) >= 11 is 1.80. The summed E-state index contributed by atoms with van der Waals surface area (Å²) in [4.78, 5) is 17.9. The number of nitro groups is 1. The summed E-state index contributed by atoms with van der Waals surface area (Å²) in [6.07, 6.45) is 0.911. The van der Waals surface area contributed by atoms with E-state index in [4.69, 9.17) is 0 Å². The number of benzene rings is 1. The van der Waals surface area contributed by atoms with E-state index in [2.05, 4.69) is 41.6 Å². The molecule has 0 fully saturated rings. The van der Waals surface area contributed by atoms with E-state index in [1.807, 2.05) is 6.92 Å². The largest absolute Gasteiger partial charge is 0.357 e. The molecular weight excluding hydrogens is 336 g/mol. The third-order valence-electron chi connectivity index (χ3n) is 3.63. The Morgan fingerprint density at radius 1 is 1.32 bits per heavy atom. The van der Waals surface area contributed by atoms with Crippen LogP contribution in [0.15, 0.2) is 41.4 Å². The van der Waals surface area contributed by atoms with Crippen LogP contribution in [0.1, 0.15) is 29.2 Å². The van der Waals surface area contributed by atoms with Gasteiger partial charge in [0.15, 0.2) is 5.96 Å². The second kappa shape index (κ2) is 9.17. The number of rotatable bonds is 7. The highest BCUT2D eigenvalue weighted by molar-refractivity contribution is 7.11. The molecule has 1 aromatic carbocycles. The highest BCUT2D eigenvalue weighted by Gasteiger charge is 2.12. The number of aliphatic imine (C=N–C) groups is 1. The van der Waals surface area contributed by atoms with Gasteiger partial charge in [0, 0.05) is 34.8 Å². The van der Waals surface area contributed by atoms with Crippen LogP contribution in [-0.2, 0) is 13.0 Å². The van der Waals surface area contributed by atoms with Gasteiger partial charge < -0.3 is 10.6 Å². The van der Waals surface area contributed by atoms with E-state index in [1.54, 1.807) is 29.5 Å². The fraction of sp³-hybridized carbons (Fsp3) is 0.389. The normalized spacial score (nSPS) is 12.7. The van der Waals surface area contributed by atoms with E-state index in [-0.39, 0.29) is 23.2 Å². The molecule has 1 atom stereocenters. The maximum Gasteiger partial charge on any atom is 0.274 e. The van der Waals surface area contributed by atoms with Crippen molar-refractivity contribution in [3.8, 4) is 0 Å². The van der Waals surface area contributed by atoms with Crippen LogP contribution < -0.4 is 10.6 Å². The molecule has 2 N–H and O–H groups in total. The SMILES string of the molecule is CCNC(=NCc1ccccc1[N+](=O)[O-])NC(C)Cc1ccc(C)s1. The van der Waals surface area contributed by atoms with Gasteiger partial charge in [-0.05, 0) is 32.9 Å². The first-order valence-corrected chi connectivity index (χ1v) is 9.13. The summed E-state index contributed by atoms with van der Waals surface area (Å²) in [5, 5.41) is 17.7. The van der Waals surface area contributed by atoms with Crippen molar-refractivity contribution in [1.82, 2.24) is 10.6 Å². The number of thiophene rings is 1. The Hall–Kier alpha value is -2.41. The summed E-state index contributed by atoms with van der Waals surface area (Å²) < 4.78 is 0. The summed E-state index contributed by atoms with van der Waals surface area (Å²) in [6, 6.07) is 11.2. The first-order chi connectivity index (χ1) is 12.0. The minimum absolute atomic E-state index is 0.101.